The number of nitrogens with one attached hydrogen (secondary N) is 2. The molecule has 1 aliphatic heterocycles. The Hall–Kier alpha value is -0.550. The third-order valence-electron chi connectivity index (χ3n) is 1.22. The van der Waals surface area contributed by atoms with Gasteiger partial charge in [-0.15, -0.1) is 11.8 Å². The van der Waals surface area contributed by atoms with Gasteiger partial charge in [-0.3, -0.25) is 10.1 Å². The summed E-state index contributed by atoms with van der Waals surface area (Å²) in [5.41, 5.74) is 2.29. The first-order chi connectivity index (χ1) is 4.84. The predicted molar refractivity (Wildman–Crippen MR) is 41.9 cm³/mol. The smallest absolute Gasteiger partial charge is 0.258 e. The summed E-state index contributed by atoms with van der Waals surface area (Å²) in [6.45, 7) is 3.16. The van der Waals surface area contributed by atoms with Crippen LogP contribution in [0.4, 0.5) is 0 Å². The molecule has 1 fully saturated rings. The zero-order valence-corrected chi connectivity index (χ0v) is 6.28. The molecule has 2 N–H and O–H groups in total. The molecule has 1 atom stereocenters. The third kappa shape index (κ3) is 1.71. The molecule has 1 amide bonds. The molecule has 0 radical (unpaired) electrons. The lowest BCUT2D eigenvalue weighted by atomic mass is 10.3. The SMILES string of the molecule is C=NNC(=O)C1CSCN1. The number of amides is 1. The van der Waals surface area contributed by atoms with Crippen molar-refractivity contribution in [3.05, 3.63) is 0 Å². The van der Waals surface area contributed by atoms with E-state index in [4.69, 9.17) is 0 Å². The minimum Gasteiger partial charge on any atom is -0.296 e. The van der Waals surface area contributed by atoms with Crippen molar-refractivity contribution in [1.29, 1.82) is 0 Å². The molecule has 0 bridgehead atoms. The summed E-state index contributed by atoms with van der Waals surface area (Å²) >= 11 is 1.70. The third-order valence-corrected chi connectivity index (χ3v) is 2.16. The molecule has 56 valence electrons. The molecular weight excluding hydrogens is 150 g/mol. The molecule has 0 saturated carbocycles. The Bertz CT molecular complexity index is 144. The van der Waals surface area contributed by atoms with Crippen LogP contribution in [0.15, 0.2) is 5.10 Å². The standard InChI is InChI=1S/C5H9N3OS/c1-6-8-5(9)4-2-10-3-7-4/h4,7H,1-3H2,(H,8,9). The van der Waals surface area contributed by atoms with E-state index in [1.54, 1.807) is 11.8 Å². The van der Waals surface area contributed by atoms with Gasteiger partial charge in [0.05, 0.1) is 6.04 Å². The maximum absolute atomic E-state index is 10.9. The van der Waals surface area contributed by atoms with E-state index in [2.05, 4.69) is 22.6 Å². The number of carbonyl (C=O) groups is 1. The van der Waals surface area contributed by atoms with E-state index in [9.17, 15) is 4.79 Å². The first-order valence-corrected chi connectivity index (χ1v) is 4.07. The fourth-order valence-corrected chi connectivity index (χ4v) is 1.66. The van der Waals surface area contributed by atoms with Crippen LogP contribution in [0.2, 0.25) is 0 Å². The van der Waals surface area contributed by atoms with Gasteiger partial charge < -0.3 is 0 Å². The van der Waals surface area contributed by atoms with Crippen molar-refractivity contribution in [2.24, 2.45) is 5.10 Å². The van der Waals surface area contributed by atoms with Gasteiger partial charge in [-0.2, -0.15) is 5.10 Å². The zero-order valence-electron chi connectivity index (χ0n) is 5.46. The molecule has 0 aromatic rings. The minimum absolute atomic E-state index is 0.0875. The van der Waals surface area contributed by atoms with Gasteiger partial charge in [0.25, 0.3) is 5.91 Å². The quantitative estimate of drug-likeness (QED) is 0.417. The molecule has 1 rings (SSSR count). The molecule has 1 aliphatic rings. The van der Waals surface area contributed by atoms with Crippen molar-refractivity contribution in [1.82, 2.24) is 10.7 Å². The van der Waals surface area contributed by atoms with Crippen LogP contribution in [0, 0.1) is 0 Å². The van der Waals surface area contributed by atoms with E-state index < -0.39 is 0 Å². The van der Waals surface area contributed by atoms with E-state index in [1.165, 1.54) is 0 Å². The molecule has 0 aliphatic carbocycles. The maximum atomic E-state index is 10.9. The summed E-state index contributed by atoms with van der Waals surface area (Å²) in [5.74, 6) is 1.57. The second-order valence-corrected chi connectivity index (χ2v) is 2.94. The van der Waals surface area contributed by atoms with Gasteiger partial charge in [0.1, 0.15) is 0 Å². The maximum Gasteiger partial charge on any atom is 0.258 e. The van der Waals surface area contributed by atoms with E-state index in [0.29, 0.717) is 0 Å². The Kier molecular flexibility index (Phi) is 2.70. The normalized spacial score (nSPS) is 24.2. The number of hydrazone groups is 1. The Morgan fingerprint density at radius 2 is 2.70 bits per heavy atom. The van der Waals surface area contributed by atoms with Crippen molar-refractivity contribution in [3.8, 4) is 0 Å². The van der Waals surface area contributed by atoms with Crippen LogP contribution < -0.4 is 10.7 Å². The highest BCUT2D eigenvalue weighted by atomic mass is 32.2. The van der Waals surface area contributed by atoms with Gasteiger partial charge in [0.15, 0.2) is 0 Å². The first kappa shape index (κ1) is 7.56. The summed E-state index contributed by atoms with van der Waals surface area (Å²) in [6.07, 6.45) is 0. The predicted octanol–water partition coefficient (Wildman–Crippen LogP) is -0.619. The largest absolute Gasteiger partial charge is 0.296 e. The van der Waals surface area contributed by atoms with Gasteiger partial charge in [0, 0.05) is 18.3 Å². The van der Waals surface area contributed by atoms with Crippen LogP contribution >= 0.6 is 11.8 Å². The topological polar surface area (TPSA) is 53.5 Å². The molecule has 0 aromatic carbocycles. The van der Waals surface area contributed by atoms with Crippen molar-refractivity contribution in [3.63, 3.8) is 0 Å². The lowest BCUT2D eigenvalue weighted by Crippen LogP contribution is -2.39. The molecule has 1 unspecified atom stereocenters. The van der Waals surface area contributed by atoms with Gasteiger partial charge in [-0.05, 0) is 0 Å². The average molecular weight is 159 g/mol. The second-order valence-electron chi connectivity index (χ2n) is 1.91. The van der Waals surface area contributed by atoms with Gasteiger partial charge in [-0.25, -0.2) is 5.43 Å². The number of rotatable bonds is 2. The highest BCUT2D eigenvalue weighted by Gasteiger charge is 2.21. The first-order valence-electron chi connectivity index (χ1n) is 2.91. The van der Waals surface area contributed by atoms with Crippen molar-refractivity contribution >= 4 is 24.4 Å². The summed E-state index contributed by atoms with van der Waals surface area (Å²) in [4.78, 5) is 10.9. The van der Waals surface area contributed by atoms with E-state index in [-0.39, 0.29) is 11.9 Å². The Morgan fingerprint density at radius 1 is 1.90 bits per heavy atom. The Morgan fingerprint density at radius 3 is 3.20 bits per heavy atom. The number of carbonyl (C=O) groups excluding carboxylic acids is 1. The van der Waals surface area contributed by atoms with E-state index >= 15 is 0 Å². The van der Waals surface area contributed by atoms with Crippen LogP contribution in [0.5, 0.6) is 0 Å². The van der Waals surface area contributed by atoms with Gasteiger partial charge in [0.2, 0.25) is 0 Å². The van der Waals surface area contributed by atoms with Crippen LogP contribution in [0.1, 0.15) is 0 Å². The van der Waals surface area contributed by atoms with E-state index in [1.807, 2.05) is 0 Å². The molecule has 0 aromatic heterocycles. The van der Waals surface area contributed by atoms with E-state index in [0.717, 1.165) is 11.6 Å². The van der Waals surface area contributed by atoms with Crippen molar-refractivity contribution in [2.75, 3.05) is 11.6 Å². The molecular formula is C5H9N3OS. The fraction of sp³-hybridized carbons (Fsp3) is 0.600. The number of hydrogen-bond donors (Lipinski definition) is 2. The highest BCUT2D eigenvalue weighted by Crippen LogP contribution is 2.08. The summed E-state index contributed by atoms with van der Waals surface area (Å²) in [6, 6.07) is -0.0875. The molecule has 5 heteroatoms. The number of thioether (sulfide) groups is 1. The van der Waals surface area contributed by atoms with Crippen molar-refractivity contribution in [2.45, 2.75) is 6.04 Å². The minimum atomic E-state index is -0.0972. The lowest BCUT2D eigenvalue weighted by Gasteiger charge is -2.04. The van der Waals surface area contributed by atoms with Crippen LogP contribution in [0.25, 0.3) is 0 Å². The number of nitrogens with zero attached hydrogens (tertiary/aromatic N) is 1. The highest BCUT2D eigenvalue weighted by molar-refractivity contribution is 7.99. The molecule has 4 nitrogen and oxygen atoms in total. The second kappa shape index (κ2) is 3.58. The summed E-state index contributed by atoms with van der Waals surface area (Å²) < 4.78 is 0. The summed E-state index contributed by atoms with van der Waals surface area (Å²) in [7, 11) is 0. The lowest BCUT2D eigenvalue weighted by molar-refractivity contribution is -0.122. The number of hydrogen-bond acceptors (Lipinski definition) is 4. The average Bonchev–Trinajstić information content (AvgIpc) is 2.38. The molecule has 0 spiro atoms. The molecule has 10 heavy (non-hydrogen) atoms. The van der Waals surface area contributed by atoms with Crippen molar-refractivity contribution < 1.29 is 4.79 Å². The van der Waals surface area contributed by atoms with Gasteiger partial charge >= 0.3 is 0 Å². The van der Waals surface area contributed by atoms with Gasteiger partial charge in [-0.1, -0.05) is 0 Å². The Balaban J connectivity index is 2.32. The van der Waals surface area contributed by atoms with Crippen LogP contribution in [-0.4, -0.2) is 30.3 Å². The molecule has 1 saturated heterocycles. The van der Waals surface area contributed by atoms with Crippen LogP contribution in [0.3, 0.4) is 0 Å². The Labute approximate surface area is 63.4 Å². The molecule has 1 heterocycles. The van der Waals surface area contributed by atoms with Crippen LogP contribution in [-0.2, 0) is 4.79 Å². The fourth-order valence-electron chi connectivity index (χ4n) is 0.719. The summed E-state index contributed by atoms with van der Waals surface area (Å²) in [5, 5.41) is 6.29. The monoisotopic (exact) mass is 159 g/mol. The zero-order chi connectivity index (χ0) is 7.40.